The van der Waals surface area contributed by atoms with Crippen LogP contribution >= 0.6 is 11.6 Å². The molecule has 17 heavy (non-hydrogen) atoms. The molecule has 2 aromatic rings. The molecule has 0 saturated carbocycles. The van der Waals surface area contributed by atoms with E-state index in [1.165, 1.54) is 10.9 Å². The van der Waals surface area contributed by atoms with Gasteiger partial charge in [0.1, 0.15) is 0 Å². The zero-order valence-electron chi connectivity index (χ0n) is 10.4. The highest BCUT2D eigenvalue weighted by atomic mass is 35.5. The summed E-state index contributed by atoms with van der Waals surface area (Å²) in [5.41, 5.74) is 1.21. The molecular weight excluding hydrogens is 232 g/mol. The third-order valence-electron chi connectivity index (χ3n) is 2.82. The molecule has 1 N–H and O–H groups in total. The molecule has 92 valence electrons. The van der Waals surface area contributed by atoms with Gasteiger partial charge in [-0.15, -0.1) is 0 Å². The molecule has 0 radical (unpaired) electrons. The van der Waals surface area contributed by atoms with Gasteiger partial charge in [-0.1, -0.05) is 31.5 Å². The maximum atomic E-state index is 6.02. The van der Waals surface area contributed by atoms with Crippen molar-refractivity contribution >= 4 is 22.5 Å². The SMILES string of the molecule is CC(C)CNCCn1ccc2ccc(Cl)cc21. The van der Waals surface area contributed by atoms with Gasteiger partial charge in [-0.2, -0.15) is 0 Å². The summed E-state index contributed by atoms with van der Waals surface area (Å²) in [5, 5.41) is 5.50. The lowest BCUT2D eigenvalue weighted by atomic mass is 10.2. The van der Waals surface area contributed by atoms with Gasteiger partial charge in [0.25, 0.3) is 0 Å². The lowest BCUT2D eigenvalue weighted by molar-refractivity contribution is 0.529. The molecule has 1 aromatic heterocycles. The summed E-state index contributed by atoms with van der Waals surface area (Å²) in [6.07, 6.45) is 2.12. The molecule has 0 fully saturated rings. The quantitative estimate of drug-likeness (QED) is 0.804. The average molecular weight is 251 g/mol. The molecule has 2 rings (SSSR count). The molecule has 0 amide bonds. The van der Waals surface area contributed by atoms with E-state index in [-0.39, 0.29) is 0 Å². The fourth-order valence-corrected chi connectivity index (χ4v) is 2.11. The number of halogens is 1. The molecule has 0 atom stereocenters. The number of fused-ring (bicyclic) bond motifs is 1. The first-order chi connectivity index (χ1) is 8.16. The predicted molar refractivity (Wildman–Crippen MR) is 74.7 cm³/mol. The number of hydrogen-bond donors (Lipinski definition) is 1. The number of benzene rings is 1. The van der Waals surface area contributed by atoms with E-state index in [1.54, 1.807) is 0 Å². The number of nitrogens with zero attached hydrogens (tertiary/aromatic N) is 1. The van der Waals surface area contributed by atoms with Crippen LogP contribution in [0.5, 0.6) is 0 Å². The highest BCUT2D eigenvalue weighted by Crippen LogP contribution is 2.20. The molecule has 0 unspecified atom stereocenters. The Labute approximate surface area is 108 Å². The summed E-state index contributed by atoms with van der Waals surface area (Å²) in [6.45, 7) is 7.49. The maximum absolute atomic E-state index is 6.02. The fraction of sp³-hybridized carbons (Fsp3) is 0.429. The topological polar surface area (TPSA) is 17.0 Å². The van der Waals surface area contributed by atoms with Crippen molar-refractivity contribution in [2.45, 2.75) is 20.4 Å². The molecule has 0 bridgehead atoms. The zero-order chi connectivity index (χ0) is 12.3. The molecule has 0 spiro atoms. The van der Waals surface area contributed by atoms with Gasteiger partial charge in [0.15, 0.2) is 0 Å². The van der Waals surface area contributed by atoms with Crippen LogP contribution in [-0.2, 0) is 6.54 Å². The standard InChI is InChI=1S/C14H19ClN2/c1-11(2)10-16-6-8-17-7-5-12-3-4-13(15)9-14(12)17/h3-5,7,9,11,16H,6,8,10H2,1-2H3. The van der Waals surface area contributed by atoms with Gasteiger partial charge in [-0.25, -0.2) is 0 Å². The van der Waals surface area contributed by atoms with Crippen LogP contribution in [0, 0.1) is 5.92 Å². The zero-order valence-corrected chi connectivity index (χ0v) is 11.2. The highest BCUT2D eigenvalue weighted by Gasteiger charge is 2.01. The van der Waals surface area contributed by atoms with Crippen LogP contribution in [0.2, 0.25) is 5.02 Å². The Bertz CT molecular complexity index is 488. The normalized spacial score (nSPS) is 11.5. The minimum absolute atomic E-state index is 0.700. The van der Waals surface area contributed by atoms with Crippen molar-refractivity contribution in [2.75, 3.05) is 13.1 Å². The fourth-order valence-electron chi connectivity index (χ4n) is 1.94. The first kappa shape index (κ1) is 12.5. The molecule has 2 nitrogen and oxygen atoms in total. The second kappa shape index (κ2) is 5.56. The molecule has 1 aromatic carbocycles. The summed E-state index contributed by atoms with van der Waals surface area (Å²) in [4.78, 5) is 0. The third kappa shape index (κ3) is 3.24. The molecular formula is C14H19ClN2. The predicted octanol–water partition coefficient (Wildman–Crippen LogP) is 3.54. The van der Waals surface area contributed by atoms with Gasteiger partial charge in [0, 0.05) is 29.8 Å². The molecule has 3 heteroatoms. The van der Waals surface area contributed by atoms with E-state index in [1.807, 2.05) is 12.1 Å². The maximum Gasteiger partial charge on any atom is 0.0495 e. The highest BCUT2D eigenvalue weighted by molar-refractivity contribution is 6.31. The second-order valence-corrected chi connectivity index (χ2v) is 5.25. The number of nitrogens with one attached hydrogen (secondary N) is 1. The van der Waals surface area contributed by atoms with E-state index in [0.717, 1.165) is 24.7 Å². The third-order valence-corrected chi connectivity index (χ3v) is 3.05. The average Bonchev–Trinajstić information content (AvgIpc) is 2.67. The lowest BCUT2D eigenvalue weighted by Crippen LogP contribution is -2.23. The van der Waals surface area contributed by atoms with E-state index >= 15 is 0 Å². The van der Waals surface area contributed by atoms with E-state index in [0.29, 0.717) is 5.92 Å². The summed E-state index contributed by atoms with van der Waals surface area (Å²) in [5.74, 6) is 0.700. The van der Waals surface area contributed by atoms with Crippen molar-refractivity contribution in [1.29, 1.82) is 0 Å². The summed E-state index contributed by atoms with van der Waals surface area (Å²) >= 11 is 6.02. The van der Waals surface area contributed by atoms with Gasteiger partial charge in [-0.05, 0) is 36.0 Å². The number of aromatic nitrogens is 1. The Hall–Kier alpha value is -0.990. The lowest BCUT2D eigenvalue weighted by Gasteiger charge is -2.09. The van der Waals surface area contributed by atoms with Gasteiger partial charge >= 0.3 is 0 Å². The minimum Gasteiger partial charge on any atom is -0.346 e. The Balaban J connectivity index is 2.01. The van der Waals surface area contributed by atoms with Crippen LogP contribution in [0.25, 0.3) is 10.9 Å². The van der Waals surface area contributed by atoms with Crippen molar-refractivity contribution in [3.05, 3.63) is 35.5 Å². The smallest absolute Gasteiger partial charge is 0.0495 e. The monoisotopic (exact) mass is 250 g/mol. The molecule has 1 heterocycles. The van der Waals surface area contributed by atoms with Crippen molar-refractivity contribution < 1.29 is 0 Å². The Morgan fingerprint density at radius 2 is 2.12 bits per heavy atom. The van der Waals surface area contributed by atoms with Gasteiger partial charge in [0.2, 0.25) is 0 Å². The largest absolute Gasteiger partial charge is 0.346 e. The molecule has 0 aliphatic rings. The van der Waals surface area contributed by atoms with Crippen LogP contribution < -0.4 is 5.32 Å². The van der Waals surface area contributed by atoms with Crippen molar-refractivity contribution in [1.82, 2.24) is 9.88 Å². The van der Waals surface area contributed by atoms with Crippen LogP contribution in [0.1, 0.15) is 13.8 Å². The second-order valence-electron chi connectivity index (χ2n) is 4.81. The van der Waals surface area contributed by atoms with E-state index in [2.05, 4.69) is 42.1 Å². The van der Waals surface area contributed by atoms with Crippen LogP contribution in [0.4, 0.5) is 0 Å². The summed E-state index contributed by atoms with van der Waals surface area (Å²) in [7, 11) is 0. The Morgan fingerprint density at radius 1 is 1.29 bits per heavy atom. The van der Waals surface area contributed by atoms with E-state index in [9.17, 15) is 0 Å². The first-order valence-electron chi connectivity index (χ1n) is 6.12. The Kier molecular flexibility index (Phi) is 4.08. The minimum atomic E-state index is 0.700. The van der Waals surface area contributed by atoms with E-state index < -0.39 is 0 Å². The molecule has 0 saturated heterocycles. The summed E-state index contributed by atoms with van der Waals surface area (Å²) < 4.78 is 2.24. The van der Waals surface area contributed by atoms with Crippen LogP contribution in [-0.4, -0.2) is 17.7 Å². The van der Waals surface area contributed by atoms with E-state index in [4.69, 9.17) is 11.6 Å². The molecule has 0 aliphatic heterocycles. The first-order valence-corrected chi connectivity index (χ1v) is 6.50. The van der Waals surface area contributed by atoms with Gasteiger partial charge in [-0.3, -0.25) is 0 Å². The van der Waals surface area contributed by atoms with Crippen molar-refractivity contribution in [3.8, 4) is 0 Å². The van der Waals surface area contributed by atoms with Crippen LogP contribution in [0.3, 0.4) is 0 Å². The van der Waals surface area contributed by atoms with Gasteiger partial charge < -0.3 is 9.88 Å². The van der Waals surface area contributed by atoms with Crippen molar-refractivity contribution in [2.24, 2.45) is 5.92 Å². The molecule has 0 aliphatic carbocycles. The van der Waals surface area contributed by atoms with Crippen molar-refractivity contribution in [3.63, 3.8) is 0 Å². The Morgan fingerprint density at radius 3 is 2.88 bits per heavy atom. The van der Waals surface area contributed by atoms with Gasteiger partial charge in [0.05, 0.1) is 0 Å². The number of hydrogen-bond acceptors (Lipinski definition) is 1. The van der Waals surface area contributed by atoms with Crippen LogP contribution in [0.15, 0.2) is 30.5 Å². The number of rotatable bonds is 5. The summed E-state index contributed by atoms with van der Waals surface area (Å²) in [6, 6.07) is 8.16.